The molecule has 2 unspecified atom stereocenters. The first-order valence-electron chi connectivity index (χ1n) is 11.8. The second-order valence-corrected chi connectivity index (χ2v) is 10.3. The average Bonchev–Trinajstić information content (AvgIpc) is 3.28. The third-order valence-electron chi connectivity index (χ3n) is 6.44. The molecule has 1 heterocycles. The molecule has 0 aliphatic heterocycles. The summed E-state index contributed by atoms with van der Waals surface area (Å²) in [7, 11) is 0. The Balaban J connectivity index is 2.09. The molecule has 3 rings (SSSR count). The lowest BCUT2D eigenvalue weighted by Gasteiger charge is -2.38. The molecule has 14 heteroatoms. The number of thioether (sulfide) groups is 1. The number of nitriles is 1. The third kappa shape index (κ3) is 6.04. The van der Waals surface area contributed by atoms with E-state index in [-0.39, 0.29) is 33.5 Å². The van der Waals surface area contributed by atoms with Crippen molar-refractivity contribution in [1.82, 2.24) is 15.1 Å². The van der Waals surface area contributed by atoms with E-state index in [2.05, 4.69) is 10.4 Å². The summed E-state index contributed by atoms with van der Waals surface area (Å²) in [6, 6.07) is 5.63. The van der Waals surface area contributed by atoms with Crippen molar-refractivity contribution in [3.05, 3.63) is 76.1 Å². The highest BCUT2D eigenvalue weighted by atomic mass is 32.2. The van der Waals surface area contributed by atoms with Gasteiger partial charge in [0.15, 0.2) is 5.69 Å². The second kappa shape index (κ2) is 11.4. The molecule has 0 bridgehead atoms. The van der Waals surface area contributed by atoms with Crippen molar-refractivity contribution >= 4 is 23.6 Å². The number of nitrogens with one attached hydrogen (secondary N) is 1. The first kappa shape index (κ1) is 30.8. The van der Waals surface area contributed by atoms with Crippen molar-refractivity contribution in [1.29, 1.82) is 5.26 Å². The standard InChI is InChI=1S/C26H25F6N5O2S/c1-14-9-16(12-37-20(26(30,31)32)10-19(36-37)25(27,28)29)6-7-18(14)24(23(34)39)8-4-5-17(11-33)21(24)22(38)35-15(2)13-40-3/h4-10,15,21H,12-13H2,1-3H3,(H2,34,39)(H,35,38)/t15-,21?,24?/m0/s1. The summed E-state index contributed by atoms with van der Waals surface area (Å²) < 4.78 is 79.8. The van der Waals surface area contributed by atoms with Crippen LogP contribution in [0.3, 0.4) is 0 Å². The predicted octanol–water partition coefficient (Wildman–Crippen LogP) is 4.50. The van der Waals surface area contributed by atoms with Crippen LogP contribution in [0.5, 0.6) is 0 Å². The maximum absolute atomic E-state index is 13.4. The molecular weight excluding hydrogens is 560 g/mol. The maximum atomic E-state index is 13.4. The average molecular weight is 586 g/mol. The van der Waals surface area contributed by atoms with Crippen LogP contribution in [0.2, 0.25) is 0 Å². The number of aryl methyl sites for hydroxylation is 1. The van der Waals surface area contributed by atoms with Crippen LogP contribution in [0, 0.1) is 24.2 Å². The number of amides is 2. The molecule has 1 aliphatic rings. The molecule has 1 aromatic heterocycles. The molecule has 1 aromatic carbocycles. The number of allylic oxidation sites excluding steroid dienone is 2. The Labute approximate surface area is 230 Å². The summed E-state index contributed by atoms with van der Waals surface area (Å²) in [6.45, 7) is 2.61. The zero-order valence-electron chi connectivity index (χ0n) is 21.5. The number of nitrogens with zero attached hydrogens (tertiary/aromatic N) is 3. The van der Waals surface area contributed by atoms with Crippen LogP contribution in [-0.4, -0.2) is 39.6 Å². The lowest BCUT2D eigenvalue weighted by molar-refractivity contribution is -0.144. The molecule has 0 spiro atoms. The van der Waals surface area contributed by atoms with E-state index in [0.29, 0.717) is 11.3 Å². The Morgan fingerprint density at radius 1 is 1.23 bits per heavy atom. The number of aromatic nitrogens is 2. The summed E-state index contributed by atoms with van der Waals surface area (Å²) in [5.41, 5.74) is 1.42. The Morgan fingerprint density at radius 3 is 2.42 bits per heavy atom. The minimum absolute atomic E-state index is 0.0235. The molecule has 0 radical (unpaired) electrons. The zero-order chi connectivity index (χ0) is 30.0. The predicted molar refractivity (Wildman–Crippen MR) is 136 cm³/mol. The van der Waals surface area contributed by atoms with Crippen molar-refractivity contribution in [3.8, 4) is 6.07 Å². The summed E-state index contributed by atoms with van der Waals surface area (Å²) >= 11 is 1.48. The number of halogens is 6. The number of carbonyl (C=O) groups excluding carboxylic acids is 2. The lowest BCUT2D eigenvalue weighted by Crippen LogP contribution is -2.54. The van der Waals surface area contributed by atoms with E-state index in [0.717, 1.165) is 0 Å². The summed E-state index contributed by atoms with van der Waals surface area (Å²) in [4.78, 5) is 26.5. The minimum Gasteiger partial charge on any atom is -0.369 e. The van der Waals surface area contributed by atoms with Gasteiger partial charge in [0.1, 0.15) is 11.1 Å². The SMILES string of the molecule is CSC[C@H](C)NC(=O)C1C(C#N)=CC=CC1(C(N)=O)c1ccc(Cn2nc(C(F)(F)F)cc2C(F)(F)F)cc1C. The quantitative estimate of drug-likeness (QED) is 0.443. The van der Waals surface area contributed by atoms with Gasteiger partial charge in [0.2, 0.25) is 11.8 Å². The van der Waals surface area contributed by atoms with Gasteiger partial charge in [-0.1, -0.05) is 30.4 Å². The van der Waals surface area contributed by atoms with E-state index < -0.39 is 53.4 Å². The maximum Gasteiger partial charge on any atom is 0.435 e. The molecule has 2 aromatic rings. The monoisotopic (exact) mass is 585 g/mol. The molecule has 1 aliphatic carbocycles. The Kier molecular flexibility index (Phi) is 8.78. The number of hydrogen-bond donors (Lipinski definition) is 2. The molecule has 3 N–H and O–H groups in total. The summed E-state index contributed by atoms with van der Waals surface area (Å²) in [5.74, 6) is -2.35. The molecular formula is C26H25F6N5O2S. The number of nitrogens with two attached hydrogens (primary N) is 1. The highest BCUT2D eigenvalue weighted by Crippen LogP contribution is 2.43. The van der Waals surface area contributed by atoms with E-state index in [1.807, 2.05) is 12.3 Å². The molecule has 7 nitrogen and oxygen atoms in total. The second-order valence-electron chi connectivity index (χ2n) is 9.34. The molecule has 2 amide bonds. The van der Waals surface area contributed by atoms with Crippen LogP contribution in [-0.2, 0) is 33.9 Å². The molecule has 214 valence electrons. The van der Waals surface area contributed by atoms with E-state index in [4.69, 9.17) is 5.73 Å². The number of carbonyl (C=O) groups is 2. The van der Waals surface area contributed by atoms with Crippen LogP contribution < -0.4 is 11.1 Å². The van der Waals surface area contributed by atoms with E-state index in [1.54, 1.807) is 6.92 Å². The van der Waals surface area contributed by atoms with E-state index in [9.17, 15) is 41.2 Å². The lowest BCUT2D eigenvalue weighted by atomic mass is 9.63. The smallest absolute Gasteiger partial charge is 0.369 e. The summed E-state index contributed by atoms with van der Waals surface area (Å²) in [5, 5.41) is 15.7. The Hall–Kier alpha value is -3.73. The van der Waals surface area contributed by atoms with Crippen molar-refractivity contribution in [2.75, 3.05) is 12.0 Å². The minimum atomic E-state index is -5.09. The first-order chi connectivity index (χ1) is 18.6. The molecule has 0 saturated heterocycles. The molecule has 40 heavy (non-hydrogen) atoms. The Bertz CT molecular complexity index is 1410. The largest absolute Gasteiger partial charge is 0.435 e. The fourth-order valence-corrected chi connectivity index (χ4v) is 5.36. The van der Waals surface area contributed by atoms with Gasteiger partial charge in [-0.3, -0.25) is 14.3 Å². The van der Waals surface area contributed by atoms with Crippen molar-refractivity contribution in [3.63, 3.8) is 0 Å². The van der Waals surface area contributed by atoms with Crippen molar-refractivity contribution in [2.24, 2.45) is 11.7 Å². The van der Waals surface area contributed by atoms with Gasteiger partial charge in [0.05, 0.1) is 18.5 Å². The highest BCUT2D eigenvalue weighted by Gasteiger charge is 2.51. The van der Waals surface area contributed by atoms with Crippen LogP contribution in [0.15, 0.2) is 48.1 Å². The van der Waals surface area contributed by atoms with E-state index >= 15 is 0 Å². The van der Waals surface area contributed by atoms with Crippen LogP contribution in [0.1, 0.15) is 35.0 Å². The van der Waals surface area contributed by atoms with Crippen molar-refractivity contribution in [2.45, 2.75) is 44.2 Å². The number of rotatable bonds is 8. The third-order valence-corrected chi connectivity index (χ3v) is 7.27. The van der Waals surface area contributed by atoms with Gasteiger partial charge in [0.25, 0.3) is 0 Å². The van der Waals surface area contributed by atoms with Gasteiger partial charge in [-0.15, -0.1) is 0 Å². The van der Waals surface area contributed by atoms with Gasteiger partial charge in [-0.2, -0.15) is 48.5 Å². The van der Waals surface area contributed by atoms with Gasteiger partial charge >= 0.3 is 12.4 Å². The van der Waals surface area contributed by atoms with Gasteiger partial charge in [0, 0.05) is 23.4 Å². The molecule has 3 atom stereocenters. The van der Waals surface area contributed by atoms with Gasteiger partial charge in [-0.05, 0) is 42.9 Å². The number of hydrogen-bond acceptors (Lipinski definition) is 5. The topological polar surface area (TPSA) is 114 Å². The normalized spacial score (nSPS) is 20.0. The van der Waals surface area contributed by atoms with Crippen LogP contribution >= 0.6 is 11.8 Å². The number of benzene rings is 1. The highest BCUT2D eigenvalue weighted by molar-refractivity contribution is 7.98. The fourth-order valence-electron chi connectivity index (χ4n) is 4.78. The van der Waals surface area contributed by atoms with Crippen molar-refractivity contribution < 1.29 is 35.9 Å². The van der Waals surface area contributed by atoms with Crippen LogP contribution in [0.25, 0.3) is 0 Å². The van der Waals surface area contributed by atoms with Gasteiger partial charge < -0.3 is 11.1 Å². The summed E-state index contributed by atoms with van der Waals surface area (Å²) in [6.07, 6.45) is -4.13. The Morgan fingerprint density at radius 2 is 1.90 bits per heavy atom. The fraction of sp³-hybridized carbons (Fsp3) is 0.385. The van der Waals surface area contributed by atoms with Crippen LogP contribution in [0.4, 0.5) is 26.3 Å². The number of primary amides is 1. The first-order valence-corrected chi connectivity index (χ1v) is 13.2. The van der Waals surface area contributed by atoms with Gasteiger partial charge in [-0.25, -0.2) is 0 Å². The number of alkyl halides is 6. The zero-order valence-corrected chi connectivity index (χ0v) is 22.3. The molecule has 0 saturated carbocycles. The van der Waals surface area contributed by atoms with E-state index in [1.165, 1.54) is 55.1 Å². The molecule has 0 fully saturated rings.